The van der Waals surface area contributed by atoms with Crippen LogP contribution in [0, 0.1) is 17.8 Å². The molecule has 3 fully saturated rings. The van der Waals surface area contributed by atoms with Crippen molar-refractivity contribution >= 4 is 12.4 Å². The summed E-state index contributed by atoms with van der Waals surface area (Å²) in [4.78, 5) is 0. The monoisotopic (exact) mass is 257 g/mol. The zero-order valence-corrected chi connectivity index (χ0v) is 12.0. The van der Waals surface area contributed by atoms with Crippen LogP contribution in [0.3, 0.4) is 0 Å². The van der Waals surface area contributed by atoms with Crippen LogP contribution in [0.5, 0.6) is 0 Å². The van der Waals surface area contributed by atoms with Gasteiger partial charge in [0.25, 0.3) is 0 Å². The average Bonchev–Trinajstić information content (AvgIpc) is 3.19. The fourth-order valence-electron chi connectivity index (χ4n) is 3.58. The molecule has 0 aromatic carbocycles. The van der Waals surface area contributed by atoms with Crippen LogP contribution in [0.25, 0.3) is 0 Å². The molecule has 17 heavy (non-hydrogen) atoms. The fourth-order valence-corrected chi connectivity index (χ4v) is 3.58. The molecule has 3 rings (SSSR count). The van der Waals surface area contributed by atoms with E-state index in [1.807, 2.05) is 0 Å². The predicted molar refractivity (Wildman–Crippen MR) is 75.7 cm³/mol. The first-order valence-corrected chi connectivity index (χ1v) is 7.63. The molecule has 0 saturated heterocycles. The van der Waals surface area contributed by atoms with Crippen molar-refractivity contribution in [3.05, 3.63) is 0 Å². The van der Waals surface area contributed by atoms with Crippen LogP contribution in [-0.2, 0) is 0 Å². The smallest absolute Gasteiger partial charge is 0.0126 e. The molecule has 0 heterocycles. The van der Waals surface area contributed by atoms with Crippen LogP contribution in [0.2, 0.25) is 0 Å². The highest BCUT2D eigenvalue weighted by molar-refractivity contribution is 5.85. The molecule has 0 amide bonds. The topological polar surface area (TPSA) is 12.0 Å². The molecule has 0 aromatic heterocycles. The maximum Gasteiger partial charge on any atom is 0.0126 e. The summed E-state index contributed by atoms with van der Waals surface area (Å²) >= 11 is 0. The van der Waals surface area contributed by atoms with Crippen LogP contribution >= 0.6 is 12.4 Å². The molecule has 3 saturated carbocycles. The molecule has 0 bridgehead atoms. The quantitative estimate of drug-likeness (QED) is 0.780. The molecule has 0 unspecified atom stereocenters. The van der Waals surface area contributed by atoms with E-state index in [2.05, 4.69) is 12.2 Å². The Labute approximate surface area is 113 Å². The lowest BCUT2D eigenvalue weighted by Gasteiger charge is -2.32. The maximum atomic E-state index is 4.02. The normalized spacial score (nSPS) is 33.5. The third kappa shape index (κ3) is 3.61. The summed E-state index contributed by atoms with van der Waals surface area (Å²) in [5.41, 5.74) is 0. The molecule has 2 heteroatoms. The molecular formula is C15H28ClN. The van der Waals surface area contributed by atoms with Gasteiger partial charge in [-0.05, 0) is 69.1 Å². The molecular weight excluding hydrogens is 230 g/mol. The first-order valence-electron chi connectivity index (χ1n) is 7.63. The Morgan fingerprint density at radius 1 is 0.882 bits per heavy atom. The SMILES string of the molecule is CCC1CCC(NC(C2CC2)C2CC2)CC1.Cl. The van der Waals surface area contributed by atoms with E-state index in [-0.39, 0.29) is 12.4 Å². The van der Waals surface area contributed by atoms with E-state index in [9.17, 15) is 0 Å². The lowest BCUT2D eigenvalue weighted by atomic mass is 9.84. The summed E-state index contributed by atoms with van der Waals surface area (Å²) in [7, 11) is 0. The van der Waals surface area contributed by atoms with E-state index in [1.54, 1.807) is 0 Å². The van der Waals surface area contributed by atoms with Gasteiger partial charge in [0.15, 0.2) is 0 Å². The minimum atomic E-state index is 0. The Morgan fingerprint density at radius 3 is 1.82 bits per heavy atom. The first-order chi connectivity index (χ1) is 7.86. The van der Waals surface area contributed by atoms with Crippen molar-refractivity contribution in [1.29, 1.82) is 0 Å². The summed E-state index contributed by atoms with van der Waals surface area (Å²) < 4.78 is 0. The fraction of sp³-hybridized carbons (Fsp3) is 1.00. The van der Waals surface area contributed by atoms with Crippen molar-refractivity contribution < 1.29 is 0 Å². The third-order valence-corrected chi connectivity index (χ3v) is 5.11. The predicted octanol–water partition coefficient (Wildman–Crippen LogP) is 4.16. The summed E-state index contributed by atoms with van der Waals surface area (Å²) in [6.45, 7) is 2.36. The molecule has 0 aliphatic heterocycles. The van der Waals surface area contributed by atoms with E-state index < -0.39 is 0 Å². The molecule has 1 nitrogen and oxygen atoms in total. The van der Waals surface area contributed by atoms with Gasteiger partial charge < -0.3 is 5.32 Å². The second-order valence-corrected chi connectivity index (χ2v) is 6.49. The van der Waals surface area contributed by atoms with Crippen molar-refractivity contribution in [1.82, 2.24) is 5.32 Å². The van der Waals surface area contributed by atoms with Crippen molar-refractivity contribution in [2.45, 2.75) is 76.8 Å². The summed E-state index contributed by atoms with van der Waals surface area (Å²) in [5.74, 6) is 3.17. The van der Waals surface area contributed by atoms with E-state index >= 15 is 0 Å². The summed E-state index contributed by atoms with van der Waals surface area (Å²) in [6, 6.07) is 1.79. The average molecular weight is 258 g/mol. The van der Waals surface area contributed by atoms with Crippen LogP contribution in [0.15, 0.2) is 0 Å². The Bertz CT molecular complexity index is 215. The van der Waals surface area contributed by atoms with Gasteiger partial charge >= 0.3 is 0 Å². The molecule has 100 valence electrons. The lowest BCUT2D eigenvalue weighted by molar-refractivity contribution is 0.252. The van der Waals surface area contributed by atoms with Gasteiger partial charge in [0.05, 0.1) is 0 Å². The number of hydrogen-bond acceptors (Lipinski definition) is 1. The van der Waals surface area contributed by atoms with Gasteiger partial charge in [-0.2, -0.15) is 0 Å². The standard InChI is InChI=1S/C15H27N.ClH/c1-2-11-3-9-14(10-4-11)16-15(12-5-6-12)13-7-8-13;/h11-16H,2-10H2,1H3;1H. The zero-order valence-electron chi connectivity index (χ0n) is 11.2. The van der Waals surface area contributed by atoms with Gasteiger partial charge in [-0.25, -0.2) is 0 Å². The number of halogens is 1. The van der Waals surface area contributed by atoms with Crippen LogP contribution in [0.1, 0.15) is 64.7 Å². The van der Waals surface area contributed by atoms with Crippen LogP contribution in [-0.4, -0.2) is 12.1 Å². The Balaban J connectivity index is 0.00000108. The van der Waals surface area contributed by atoms with Crippen LogP contribution < -0.4 is 5.32 Å². The number of hydrogen-bond donors (Lipinski definition) is 1. The van der Waals surface area contributed by atoms with Crippen molar-refractivity contribution in [3.8, 4) is 0 Å². The molecule has 1 N–H and O–H groups in total. The summed E-state index contributed by atoms with van der Waals surface area (Å²) in [6.07, 6.45) is 13.3. The van der Waals surface area contributed by atoms with Crippen molar-refractivity contribution in [2.75, 3.05) is 0 Å². The first kappa shape index (κ1) is 13.7. The van der Waals surface area contributed by atoms with Crippen molar-refractivity contribution in [3.63, 3.8) is 0 Å². The zero-order chi connectivity index (χ0) is 11.0. The van der Waals surface area contributed by atoms with E-state index in [0.717, 1.165) is 29.8 Å². The maximum absolute atomic E-state index is 4.02. The van der Waals surface area contributed by atoms with E-state index in [1.165, 1.54) is 57.8 Å². The van der Waals surface area contributed by atoms with E-state index in [4.69, 9.17) is 0 Å². The van der Waals surface area contributed by atoms with Gasteiger partial charge in [0.1, 0.15) is 0 Å². The van der Waals surface area contributed by atoms with Gasteiger partial charge in [-0.3, -0.25) is 0 Å². The van der Waals surface area contributed by atoms with E-state index in [0.29, 0.717) is 0 Å². The largest absolute Gasteiger partial charge is 0.311 e. The van der Waals surface area contributed by atoms with Gasteiger partial charge in [-0.15, -0.1) is 12.4 Å². The Morgan fingerprint density at radius 2 is 1.41 bits per heavy atom. The minimum absolute atomic E-state index is 0. The van der Waals surface area contributed by atoms with Crippen LogP contribution in [0.4, 0.5) is 0 Å². The number of nitrogens with one attached hydrogen (secondary N) is 1. The Kier molecular flexibility index (Phi) is 4.77. The Hall–Kier alpha value is 0.250. The second-order valence-electron chi connectivity index (χ2n) is 6.49. The minimum Gasteiger partial charge on any atom is -0.311 e. The molecule has 0 radical (unpaired) electrons. The highest BCUT2D eigenvalue weighted by atomic mass is 35.5. The lowest BCUT2D eigenvalue weighted by Crippen LogP contribution is -2.42. The van der Waals surface area contributed by atoms with Gasteiger partial charge in [-0.1, -0.05) is 13.3 Å². The van der Waals surface area contributed by atoms with Gasteiger partial charge in [0, 0.05) is 12.1 Å². The molecule has 0 spiro atoms. The third-order valence-electron chi connectivity index (χ3n) is 5.11. The number of rotatable bonds is 5. The molecule has 3 aliphatic carbocycles. The highest BCUT2D eigenvalue weighted by Crippen LogP contribution is 2.45. The van der Waals surface area contributed by atoms with Crippen molar-refractivity contribution in [2.24, 2.45) is 17.8 Å². The van der Waals surface area contributed by atoms with Gasteiger partial charge in [0.2, 0.25) is 0 Å². The highest BCUT2D eigenvalue weighted by Gasteiger charge is 2.42. The molecule has 0 atom stereocenters. The summed E-state index contributed by atoms with van der Waals surface area (Å²) in [5, 5.41) is 4.02. The molecule has 0 aromatic rings. The second kappa shape index (κ2) is 5.93. The molecule has 3 aliphatic rings.